The maximum absolute atomic E-state index is 5.85. The lowest BCUT2D eigenvalue weighted by Gasteiger charge is -2.05. The quantitative estimate of drug-likeness (QED) is 0.714. The number of benzene rings is 2. The highest BCUT2D eigenvalue weighted by Crippen LogP contribution is 2.27. The molecule has 3 aromatic rings. The van der Waals surface area contributed by atoms with E-state index in [9.17, 15) is 0 Å². The normalized spacial score (nSPS) is 11.6. The Morgan fingerprint density at radius 2 is 1.90 bits per heavy atom. The molecule has 0 aliphatic heterocycles. The van der Waals surface area contributed by atoms with E-state index in [4.69, 9.17) is 4.42 Å². The maximum atomic E-state index is 5.85. The summed E-state index contributed by atoms with van der Waals surface area (Å²) in [5, 5.41) is 3.11. The van der Waals surface area contributed by atoms with Crippen LogP contribution in [0.25, 0.3) is 16.7 Å². The Kier molecular flexibility index (Phi) is 3.56. The fraction of sp³-hybridized carbons (Fsp3) is 0.0556. The Bertz CT molecular complexity index is 764. The molecular weight excluding hydrogens is 260 g/mol. The Morgan fingerprint density at radius 3 is 2.57 bits per heavy atom. The van der Waals surface area contributed by atoms with Gasteiger partial charge in [-0.25, -0.2) is 4.98 Å². The first-order valence-electron chi connectivity index (χ1n) is 6.78. The monoisotopic (exact) mass is 276 g/mol. The van der Waals surface area contributed by atoms with Gasteiger partial charge in [-0.2, -0.15) is 0 Å². The molecule has 1 aromatic heterocycles. The van der Waals surface area contributed by atoms with Crippen LogP contribution in [0.4, 0.5) is 5.69 Å². The fourth-order valence-corrected chi connectivity index (χ4v) is 2.21. The molecule has 0 aliphatic rings. The summed E-state index contributed by atoms with van der Waals surface area (Å²) in [5.41, 5.74) is 4.67. The Morgan fingerprint density at radius 1 is 1.14 bits per heavy atom. The number of nitrogens with zero attached hydrogens (tertiary/aromatic N) is 1. The number of nitrogens with one attached hydrogen (secondary N) is 1. The number of para-hydroxylation sites is 2. The summed E-state index contributed by atoms with van der Waals surface area (Å²) in [6, 6.07) is 15.9. The lowest BCUT2D eigenvalue weighted by molar-refractivity contribution is 0.585. The van der Waals surface area contributed by atoms with Crippen molar-refractivity contribution in [3.8, 4) is 0 Å². The summed E-state index contributed by atoms with van der Waals surface area (Å²) in [7, 11) is 1.90. The molecule has 0 bridgehead atoms. The van der Waals surface area contributed by atoms with Gasteiger partial charge >= 0.3 is 0 Å². The van der Waals surface area contributed by atoms with Gasteiger partial charge in [-0.3, -0.25) is 0 Å². The summed E-state index contributed by atoms with van der Waals surface area (Å²) in [6.45, 7) is 3.78. The minimum Gasteiger partial charge on any atom is -0.436 e. The highest BCUT2D eigenvalue weighted by Gasteiger charge is 2.12. The van der Waals surface area contributed by atoms with E-state index in [1.807, 2.05) is 61.7 Å². The first-order valence-corrected chi connectivity index (χ1v) is 6.78. The van der Waals surface area contributed by atoms with Gasteiger partial charge in [-0.05, 0) is 35.9 Å². The summed E-state index contributed by atoms with van der Waals surface area (Å²) in [5.74, 6) is 0.605. The van der Waals surface area contributed by atoms with Crippen LogP contribution in [0.1, 0.15) is 11.5 Å². The fourth-order valence-electron chi connectivity index (χ4n) is 2.21. The molecular formula is C18H16N2O. The summed E-state index contributed by atoms with van der Waals surface area (Å²) >= 11 is 0. The van der Waals surface area contributed by atoms with Crippen molar-refractivity contribution in [2.24, 2.45) is 0 Å². The van der Waals surface area contributed by atoms with Crippen LogP contribution in [0, 0.1) is 0 Å². The van der Waals surface area contributed by atoms with Gasteiger partial charge in [0.25, 0.3) is 0 Å². The van der Waals surface area contributed by atoms with Crippen molar-refractivity contribution >= 4 is 22.4 Å². The molecule has 1 heterocycles. The molecule has 0 aliphatic carbocycles. The van der Waals surface area contributed by atoms with Crippen molar-refractivity contribution < 1.29 is 4.42 Å². The zero-order valence-corrected chi connectivity index (χ0v) is 11.8. The molecule has 0 amide bonds. The van der Waals surface area contributed by atoms with Crippen LogP contribution in [-0.2, 0) is 0 Å². The molecule has 2 aromatic carbocycles. The molecule has 3 heteroatoms. The molecule has 0 unspecified atom stereocenters. The minimum absolute atomic E-state index is 0.605. The smallest absolute Gasteiger partial charge is 0.227 e. The third-order valence-corrected chi connectivity index (χ3v) is 3.29. The van der Waals surface area contributed by atoms with E-state index in [0.29, 0.717) is 5.89 Å². The average Bonchev–Trinajstić information content (AvgIpc) is 2.96. The zero-order valence-electron chi connectivity index (χ0n) is 11.8. The number of rotatable bonds is 4. The number of allylic oxidation sites excluding steroid dienone is 2. The molecule has 1 N–H and O–H groups in total. The average molecular weight is 276 g/mol. The van der Waals surface area contributed by atoms with Gasteiger partial charge < -0.3 is 9.73 Å². The largest absolute Gasteiger partial charge is 0.436 e. The van der Waals surface area contributed by atoms with Gasteiger partial charge in [0.15, 0.2) is 5.58 Å². The highest BCUT2D eigenvalue weighted by molar-refractivity contribution is 5.82. The van der Waals surface area contributed by atoms with Crippen LogP contribution in [0.3, 0.4) is 0 Å². The number of oxazole rings is 1. The van der Waals surface area contributed by atoms with Crippen LogP contribution < -0.4 is 5.32 Å². The van der Waals surface area contributed by atoms with Crippen molar-refractivity contribution in [2.45, 2.75) is 0 Å². The molecule has 0 saturated heterocycles. The summed E-state index contributed by atoms with van der Waals surface area (Å²) < 4.78 is 5.85. The Labute approximate surface area is 123 Å². The van der Waals surface area contributed by atoms with E-state index in [1.54, 1.807) is 6.08 Å². The summed E-state index contributed by atoms with van der Waals surface area (Å²) in [6.07, 6.45) is 3.66. The van der Waals surface area contributed by atoms with Gasteiger partial charge in [-0.15, -0.1) is 0 Å². The molecule has 0 spiro atoms. The second-order valence-corrected chi connectivity index (χ2v) is 4.63. The number of anilines is 1. The predicted octanol–water partition coefficient (Wildman–Crippen LogP) is 4.49. The molecule has 21 heavy (non-hydrogen) atoms. The molecule has 0 atom stereocenters. The standard InChI is InChI=1S/C18H16N2O/c1-3-6-15(13-9-11-14(19-2)12-10-13)18-20-16-7-4-5-8-17(16)21-18/h3-12,19H,1H2,2H3/b15-6+. The molecule has 3 rings (SSSR count). The molecule has 3 nitrogen and oxygen atoms in total. The van der Waals surface area contributed by atoms with E-state index in [2.05, 4.69) is 16.9 Å². The van der Waals surface area contributed by atoms with E-state index < -0.39 is 0 Å². The lowest BCUT2D eigenvalue weighted by atomic mass is 10.0. The Balaban J connectivity index is 2.08. The van der Waals surface area contributed by atoms with E-state index in [1.165, 1.54) is 0 Å². The first kappa shape index (κ1) is 13.2. The topological polar surface area (TPSA) is 38.1 Å². The predicted molar refractivity (Wildman–Crippen MR) is 87.3 cm³/mol. The molecule has 0 radical (unpaired) electrons. The van der Waals surface area contributed by atoms with E-state index in [-0.39, 0.29) is 0 Å². The second kappa shape index (κ2) is 5.67. The molecule has 104 valence electrons. The lowest BCUT2D eigenvalue weighted by Crippen LogP contribution is -1.91. The number of hydrogen-bond donors (Lipinski definition) is 1. The molecule has 0 saturated carbocycles. The number of hydrogen-bond acceptors (Lipinski definition) is 3. The van der Waals surface area contributed by atoms with Gasteiger partial charge in [0.05, 0.1) is 0 Å². The van der Waals surface area contributed by atoms with Crippen molar-refractivity contribution in [3.63, 3.8) is 0 Å². The first-order chi connectivity index (χ1) is 10.3. The zero-order chi connectivity index (χ0) is 14.7. The van der Waals surface area contributed by atoms with Gasteiger partial charge in [-0.1, -0.05) is 36.9 Å². The SMILES string of the molecule is C=C/C=C(\c1ccc(NC)cc1)c1nc2ccccc2o1. The van der Waals surface area contributed by atoms with Crippen LogP contribution in [0.5, 0.6) is 0 Å². The third kappa shape index (κ3) is 2.58. The third-order valence-electron chi connectivity index (χ3n) is 3.29. The minimum atomic E-state index is 0.605. The number of fused-ring (bicyclic) bond motifs is 1. The van der Waals surface area contributed by atoms with Crippen molar-refractivity contribution in [2.75, 3.05) is 12.4 Å². The summed E-state index contributed by atoms with van der Waals surface area (Å²) in [4.78, 5) is 4.55. The van der Waals surface area contributed by atoms with Crippen LogP contribution >= 0.6 is 0 Å². The van der Waals surface area contributed by atoms with Crippen LogP contribution in [0.2, 0.25) is 0 Å². The number of aromatic nitrogens is 1. The van der Waals surface area contributed by atoms with Gasteiger partial charge in [0.2, 0.25) is 5.89 Å². The van der Waals surface area contributed by atoms with Gasteiger partial charge in [0, 0.05) is 18.3 Å². The van der Waals surface area contributed by atoms with Gasteiger partial charge in [0.1, 0.15) is 5.52 Å². The van der Waals surface area contributed by atoms with Crippen molar-refractivity contribution in [3.05, 3.63) is 78.7 Å². The van der Waals surface area contributed by atoms with E-state index in [0.717, 1.165) is 27.9 Å². The highest BCUT2D eigenvalue weighted by atomic mass is 16.3. The van der Waals surface area contributed by atoms with Crippen LogP contribution in [-0.4, -0.2) is 12.0 Å². The van der Waals surface area contributed by atoms with Crippen LogP contribution in [0.15, 0.2) is 71.7 Å². The molecule has 0 fully saturated rings. The second-order valence-electron chi connectivity index (χ2n) is 4.63. The van der Waals surface area contributed by atoms with Crippen molar-refractivity contribution in [1.29, 1.82) is 0 Å². The maximum Gasteiger partial charge on any atom is 0.227 e. The van der Waals surface area contributed by atoms with Crippen molar-refractivity contribution in [1.82, 2.24) is 4.98 Å². The Hall–Kier alpha value is -2.81. The van der Waals surface area contributed by atoms with E-state index >= 15 is 0 Å².